The smallest absolute Gasteiger partial charge is 0.0634 e. The van der Waals surface area contributed by atoms with E-state index in [1.165, 1.54) is 86.0 Å². The fraction of sp³-hybridized carbons (Fsp3) is 0. The average Bonchev–Trinajstić information content (AvgIpc) is 3.86. The van der Waals surface area contributed by atoms with Crippen LogP contribution in [-0.2, 0) is 0 Å². The van der Waals surface area contributed by atoms with Gasteiger partial charge in [-0.15, -0.1) is 11.3 Å². The van der Waals surface area contributed by atoms with E-state index in [0.29, 0.717) is 0 Å². The lowest BCUT2D eigenvalue weighted by Crippen LogP contribution is -1.96. The van der Waals surface area contributed by atoms with E-state index < -0.39 is 0 Å². The van der Waals surface area contributed by atoms with Crippen molar-refractivity contribution in [3.8, 4) is 33.6 Å². The molecule has 0 spiro atoms. The molecule has 0 saturated heterocycles. The van der Waals surface area contributed by atoms with Gasteiger partial charge in [-0.05, 0) is 82.9 Å². The van der Waals surface area contributed by atoms with Gasteiger partial charge in [-0.25, -0.2) is 0 Å². The van der Waals surface area contributed by atoms with Gasteiger partial charge in [0.05, 0.1) is 22.1 Å². The molecule has 11 rings (SSSR count). The van der Waals surface area contributed by atoms with Gasteiger partial charge in [-0.2, -0.15) is 0 Å². The van der Waals surface area contributed by atoms with Gasteiger partial charge in [-0.1, -0.05) is 121 Å². The van der Waals surface area contributed by atoms with Gasteiger partial charge in [0.25, 0.3) is 0 Å². The first-order valence-corrected chi connectivity index (χ1v) is 18.3. The second-order valence-electron chi connectivity index (χ2n) is 13.3. The van der Waals surface area contributed by atoms with E-state index in [0.717, 1.165) is 11.4 Å². The first kappa shape index (κ1) is 28.4. The zero-order valence-corrected chi connectivity index (χ0v) is 28.4. The van der Waals surface area contributed by atoms with Gasteiger partial charge in [0, 0.05) is 53.1 Å². The van der Waals surface area contributed by atoms with Gasteiger partial charge in [0.1, 0.15) is 0 Å². The Labute approximate surface area is 298 Å². The van der Waals surface area contributed by atoms with Crippen molar-refractivity contribution in [3.05, 3.63) is 182 Å². The van der Waals surface area contributed by atoms with Crippen LogP contribution in [0.15, 0.2) is 182 Å². The number of para-hydroxylation sites is 3. The van der Waals surface area contributed by atoms with Crippen LogP contribution in [0.5, 0.6) is 0 Å². The van der Waals surface area contributed by atoms with E-state index >= 15 is 0 Å². The Kier molecular flexibility index (Phi) is 6.16. The van der Waals surface area contributed by atoms with E-state index in [-0.39, 0.29) is 0 Å². The van der Waals surface area contributed by atoms with Crippen LogP contribution >= 0.6 is 11.3 Å². The first-order valence-electron chi connectivity index (χ1n) is 17.4. The summed E-state index contributed by atoms with van der Waals surface area (Å²) in [6, 6.07) is 66.7. The minimum Gasteiger partial charge on any atom is -0.309 e. The summed E-state index contributed by atoms with van der Waals surface area (Å²) in [6.45, 7) is 0. The summed E-state index contributed by atoms with van der Waals surface area (Å²) in [7, 11) is 0. The van der Waals surface area contributed by atoms with E-state index in [1.807, 2.05) is 11.3 Å². The molecule has 3 heteroatoms. The Balaban J connectivity index is 1.13. The normalized spacial score (nSPS) is 11.9. The molecule has 11 aromatic rings. The summed E-state index contributed by atoms with van der Waals surface area (Å²) in [4.78, 5) is 0. The topological polar surface area (TPSA) is 9.86 Å². The molecule has 3 aromatic heterocycles. The third kappa shape index (κ3) is 4.29. The molecule has 2 nitrogen and oxygen atoms in total. The fourth-order valence-electron chi connectivity index (χ4n) is 8.24. The predicted octanol–water partition coefficient (Wildman–Crippen LogP) is 13.6. The van der Waals surface area contributed by atoms with E-state index in [9.17, 15) is 0 Å². The minimum atomic E-state index is 1.15. The lowest BCUT2D eigenvalue weighted by Gasteiger charge is -2.15. The maximum atomic E-state index is 2.47. The van der Waals surface area contributed by atoms with Gasteiger partial charge < -0.3 is 9.13 Å². The lowest BCUT2D eigenvalue weighted by atomic mass is 9.97. The minimum absolute atomic E-state index is 1.15. The highest BCUT2D eigenvalue weighted by molar-refractivity contribution is 7.26. The Bertz CT molecular complexity index is 3070. The SMILES string of the molecule is c1ccc(-c2cc(-c3ccc(-n4c5ccccc5c5ccc6sc7ccccc7c6c54)cc3)cc(-n3c4ccccc4c4ccccc43)c2)cc1. The summed E-state index contributed by atoms with van der Waals surface area (Å²) >= 11 is 1.88. The Hall–Kier alpha value is -6.42. The molecule has 238 valence electrons. The predicted molar refractivity (Wildman–Crippen MR) is 219 cm³/mol. The van der Waals surface area contributed by atoms with Gasteiger partial charge in [-0.3, -0.25) is 0 Å². The molecule has 0 amide bonds. The number of hydrogen-bond donors (Lipinski definition) is 0. The Morgan fingerprint density at radius 2 is 0.843 bits per heavy atom. The molecule has 0 fully saturated rings. The third-order valence-corrected chi connectivity index (χ3v) is 11.6. The molecular formula is C48H30N2S. The quantitative estimate of drug-likeness (QED) is 0.177. The van der Waals surface area contributed by atoms with Crippen LogP contribution in [0.4, 0.5) is 0 Å². The van der Waals surface area contributed by atoms with Crippen LogP contribution in [0.3, 0.4) is 0 Å². The van der Waals surface area contributed by atoms with Gasteiger partial charge in [0.15, 0.2) is 0 Å². The highest BCUT2D eigenvalue weighted by atomic mass is 32.1. The summed E-state index contributed by atoms with van der Waals surface area (Å²) in [5, 5.41) is 7.75. The maximum absolute atomic E-state index is 2.47. The summed E-state index contributed by atoms with van der Waals surface area (Å²) in [5.74, 6) is 0. The van der Waals surface area contributed by atoms with Crippen molar-refractivity contribution in [2.45, 2.75) is 0 Å². The van der Waals surface area contributed by atoms with Crippen molar-refractivity contribution in [2.24, 2.45) is 0 Å². The number of fused-ring (bicyclic) bond motifs is 10. The van der Waals surface area contributed by atoms with Crippen LogP contribution in [-0.4, -0.2) is 9.13 Å². The molecule has 0 atom stereocenters. The Morgan fingerprint density at radius 1 is 0.314 bits per heavy atom. The van der Waals surface area contributed by atoms with E-state index in [2.05, 4.69) is 191 Å². The van der Waals surface area contributed by atoms with Crippen LogP contribution in [0.25, 0.3) is 97.4 Å². The number of hydrogen-bond acceptors (Lipinski definition) is 1. The van der Waals surface area contributed by atoms with Crippen molar-refractivity contribution in [1.82, 2.24) is 9.13 Å². The van der Waals surface area contributed by atoms with Crippen LogP contribution in [0, 0.1) is 0 Å². The number of nitrogens with zero attached hydrogens (tertiary/aromatic N) is 2. The number of benzene rings is 8. The molecular weight excluding hydrogens is 637 g/mol. The first-order chi connectivity index (χ1) is 25.3. The van der Waals surface area contributed by atoms with Crippen molar-refractivity contribution in [3.63, 3.8) is 0 Å². The van der Waals surface area contributed by atoms with E-state index in [4.69, 9.17) is 0 Å². The van der Waals surface area contributed by atoms with Crippen LogP contribution in [0.2, 0.25) is 0 Å². The molecule has 0 aliphatic carbocycles. The van der Waals surface area contributed by atoms with Crippen LogP contribution < -0.4 is 0 Å². The van der Waals surface area contributed by atoms with Gasteiger partial charge in [0.2, 0.25) is 0 Å². The zero-order valence-electron chi connectivity index (χ0n) is 27.6. The van der Waals surface area contributed by atoms with Crippen molar-refractivity contribution in [1.29, 1.82) is 0 Å². The molecule has 0 aliphatic heterocycles. The monoisotopic (exact) mass is 666 g/mol. The maximum Gasteiger partial charge on any atom is 0.0634 e. The van der Waals surface area contributed by atoms with E-state index in [1.54, 1.807) is 0 Å². The molecule has 51 heavy (non-hydrogen) atoms. The molecule has 8 aromatic carbocycles. The molecule has 0 bridgehead atoms. The highest BCUT2D eigenvalue weighted by Gasteiger charge is 2.19. The fourth-order valence-corrected chi connectivity index (χ4v) is 9.35. The highest BCUT2D eigenvalue weighted by Crippen LogP contribution is 2.43. The second-order valence-corrected chi connectivity index (χ2v) is 14.4. The van der Waals surface area contributed by atoms with Crippen molar-refractivity contribution < 1.29 is 0 Å². The standard InChI is InChI=1S/C48H30N2S/c1-2-12-31(13-3-1)33-28-34(30-36(29-33)49-42-18-8-4-14-37(42)38-15-5-9-19-43(38)49)32-22-24-35(25-23-32)50-44-20-10-6-16-39(44)40-26-27-46-47(48(40)50)41-17-7-11-21-45(41)51-46/h1-30H. The van der Waals surface area contributed by atoms with Gasteiger partial charge >= 0.3 is 0 Å². The molecule has 0 N–H and O–H groups in total. The molecule has 3 heterocycles. The summed E-state index contributed by atoms with van der Waals surface area (Å²) < 4.78 is 7.53. The zero-order chi connectivity index (χ0) is 33.5. The number of aromatic nitrogens is 2. The number of rotatable bonds is 4. The van der Waals surface area contributed by atoms with Crippen molar-refractivity contribution in [2.75, 3.05) is 0 Å². The third-order valence-electron chi connectivity index (χ3n) is 10.5. The molecule has 0 saturated carbocycles. The number of thiophene rings is 1. The molecule has 0 unspecified atom stereocenters. The van der Waals surface area contributed by atoms with Crippen LogP contribution in [0.1, 0.15) is 0 Å². The second kappa shape index (κ2) is 11.0. The summed E-state index contributed by atoms with van der Waals surface area (Å²) in [5.41, 5.74) is 12.0. The molecule has 0 aliphatic rings. The van der Waals surface area contributed by atoms with Crippen molar-refractivity contribution >= 4 is 75.1 Å². The largest absolute Gasteiger partial charge is 0.309 e. The summed E-state index contributed by atoms with van der Waals surface area (Å²) in [6.07, 6.45) is 0. The molecule has 0 radical (unpaired) electrons. The Morgan fingerprint density at radius 3 is 1.51 bits per heavy atom. The lowest BCUT2D eigenvalue weighted by molar-refractivity contribution is 1.18. The average molecular weight is 667 g/mol.